The third-order valence-electron chi connectivity index (χ3n) is 3.91. The van der Waals surface area contributed by atoms with E-state index < -0.39 is 5.97 Å². The topological polar surface area (TPSA) is 58.6 Å². The first kappa shape index (κ1) is 15.3. The number of carbonyl (C=O) groups is 1. The molecule has 1 fully saturated rings. The summed E-state index contributed by atoms with van der Waals surface area (Å²) in [5.41, 5.74) is 1.11. The summed E-state index contributed by atoms with van der Waals surface area (Å²) >= 11 is 3.48. The highest BCUT2D eigenvalue weighted by atomic mass is 79.9. The fraction of sp³-hybridized carbons (Fsp3) is 0.533. The summed E-state index contributed by atoms with van der Waals surface area (Å²) in [5, 5.41) is 12.5. The lowest BCUT2D eigenvalue weighted by atomic mass is 9.86. The molecule has 20 heavy (non-hydrogen) atoms. The second kappa shape index (κ2) is 7.09. The Hall–Kier alpha value is -1.07. The molecule has 110 valence electrons. The number of aliphatic carboxylic acids is 1. The van der Waals surface area contributed by atoms with Crippen molar-refractivity contribution in [2.75, 3.05) is 7.11 Å². The van der Waals surface area contributed by atoms with E-state index in [1.165, 1.54) is 0 Å². The van der Waals surface area contributed by atoms with Crippen LogP contribution in [-0.2, 0) is 11.3 Å². The molecule has 0 radical (unpaired) electrons. The Bertz CT molecular complexity index is 470. The summed E-state index contributed by atoms with van der Waals surface area (Å²) in [6.45, 7) is 0.741. The molecule has 5 heteroatoms. The molecule has 0 aromatic heterocycles. The lowest BCUT2D eigenvalue weighted by Crippen LogP contribution is -2.34. The standard InChI is InChI=1S/C15H20BrNO3/c1-20-14-11(3-2-4-13(14)16)9-17-12-7-5-10(6-8-12)15(18)19/h2-4,10,12,17H,5-9H2,1H3,(H,18,19). The zero-order valence-corrected chi connectivity index (χ0v) is 13.1. The van der Waals surface area contributed by atoms with Crippen LogP contribution in [0.4, 0.5) is 0 Å². The number of hydrogen-bond acceptors (Lipinski definition) is 3. The fourth-order valence-corrected chi connectivity index (χ4v) is 3.29. The molecule has 0 unspecified atom stereocenters. The molecule has 1 aliphatic rings. The number of carboxylic acid groups (broad SMARTS) is 1. The summed E-state index contributed by atoms with van der Waals surface area (Å²) in [6.07, 6.45) is 3.38. The average Bonchev–Trinajstić information content (AvgIpc) is 2.45. The lowest BCUT2D eigenvalue weighted by Gasteiger charge is -2.27. The zero-order chi connectivity index (χ0) is 14.5. The first-order chi connectivity index (χ1) is 9.61. The molecule has 1 saturated carbocycles. The maximum atomic E-state index is 10.9. The first-order valence-electron chi connectivity index (χ1n) is 6.89. The van der Waals surface area contributed by atoms with Crippen molar-refractivity contribution in [2.45, 2.75) is 38.3 Å². The Morgan fingerprint density at radius 2 is 2.10 bits per heavy atom. The number of methoxy groups -OCH3 is 1. The van der Waals surface area contributed by atoms with E-state index >= 15 is 0 Å². The Morgan fingerprint density at radius 3 is 2.70 bits per heavy atom. The van der Waals surface area contributed by atoms with Gasteiger partial charge in [-0.2, -0.15) is 0 Å². The number of nitrogens with one attached hydrogen (secondary N) is 1. The fourth-order valence-electron chi connectivity index (χ4n) is 2.72. The normalized spacial score (nSPS) is 22.5. The van der Waals surface area contributed by atoms with Gasteiger partial charge in [-0.15, -0.1) is 0 Å². The third kappa shape index (κ3) is 3.73. The average molecular weight is 342 g/mol. The van der Waals surface area contributed by atoms with Crippen molar-refractivity contribution in [3.05, 3.63) is 28.2 Å². The van der Waals surface area contributed by atoms with Crippen molar-refractivity contribution in [3.8, 4) is 5.75 Å². The van der Waals surface area contributed by atoms with Crippen LogP contribution in [-0.4, -0.2) is 24.2 Å². The Kier molecular flexibility index (Phi) is 5.43. The van der Waals surface area contributed by atoms with Gasteiger partial charge in [-0.3, -0.25) is 4.79 Å². The van der Waals surface area contributed by atoms with Gasteiger partial charge in [0.25, 0.3) is 0 Å². The van der Waals surface area contributed by atoms with E-state index in [-0.39, 0.29) is 5.92 Å². The molecule has 0 bridgehead atoms. The SMILES string of the molecule is COc1c(Br)cccc1CNC1CCC(C(=O)O)CC1. The molecule has 1 aliphatic carbocycles. The zero-order valence-electron chi connectivity index (χ0n) is 11.6. The maximum absolute atomic E-state index is 10.9. The second-order valence-corrected chi connectivity index (χ2v) is 6.05. The van der Waals surface area contributed by atoms with Crippen LogP contribution in [0, 0.1) is 5.92 Å². The first-order valence-corrected chi connectivity index (χ1v) is 7.68. The smallest absolute Gasteiger partial charge is 0.306 e. The summed E-state index contributed by atoms with van der Waals surface area (Å²) < 4.78 is 6.35. The van der Waals surface area contributed by atoms with Crippen LogP contribution in [0.3, 0.4) is 0 Å². The van der Waals surface area contributed by atoms with E-state index in [0.29, 0.717) is 6.04 Å². The number of para-hydroxylation sites is 1. The van der Waals surface area contributed by atoms with Gasteiger partial charge in [0, 0.05) is 18.2 Å². The minimum atomic E-state index is -0.655. The van der Waals surface area contributed by atoms with E-state index in [2.05, 4.69) is 21.2 Å². The van der Waals surface area contributed by atoms with Crippen molar-refractivity contribution in [1.82, 2.24) is 5.32 Å². The summed E-state index contributed by atoms with van der Waals surface area (Å²) in [5.74, 6) is 0.0461. The second-order valence-electron chi connectivity index (χ2n) is 5.20. The van der Waals surface area contributed by atoms with Crippen LogP contribution in [0.2, 0.25) is 0 Å². The molecule has 0 heterocycles. The Morgan fingerprint density at radius 1 is 1.40 bits per heavy atom. The molecule has 1 aromatic carbocycles. The molecule has 0 amide bonds. The molecule has 2 rings (SSSR count). The summed E-state index contributed by atoms with van der Waals surface area (Å²) in [7, 11) is 1.67. The van der Waals surface area contributed by atoms with Crippen LogP contribution in [0.1, 0.15) is 31.2 Å². The van der Waals surface area contributed by atoms with Gasteiger partial charge >= 0.3 is 5.97 Å². The van der Waals surface area contributed by atoms with Crippen molar-refractivity contribution in [1.29, 1.82) is 0 Å². The highest BCUT2D eigenvalue weighted by molar-refractivity contribution is 9.10. The van der Waals surface area contributed by atoms with Crippen LogP contribution < -0.4 is 10.1 Å². The van der Waals surface area contributed by atoms with Crippen LogP contribution in [0.15, 0.2) is 22.7 Å². The summed E-state index contributed by atoms with van der Waals surface area (Å²) in [6, 6.07) is 6.39. The van der Waals surface area contributed by atoms with Crippen LogP contribution in [0.5, 0.6) is 5.75 Å². The lowest BCUT2D eigenvalue weighted by molar-refractivity contribution is -0.142. The van der Waals surface area contributed by atoms with Gasteiger partial charge in [-0.1, -0.05) is 12.1 Å². The minimum Gasteiger partial charge on any atom is -0.495 e. The third-order valence-corrected chi connectivity index (χ3v) is 4.53. The minimum absolute atomic E-state index is 0.159. The Labute approximate surface area is 127 Å². The number of ether oxygens (including phenoxy) is 1. The molecule has 2 N–H and O–H groups in total. The molecule has 4 nitrogen and oxygen atoms in total. The highest BCUT2D eigenvalue weighted by Crippen LogP contribution is 2.29. The van der Waals surface area contributed by atoms with Gasteiger partial charge in [-0.25, -0.2) is 0 Å². The summed E-state index contributed by atoms with van der Waals surface area (Å²) in [4.78, 5) is 10.9. The molecule has 1 aromatic rings. The van der Waals surface area contributed by atoms with E-state index in [1.807, 2.05) is 18.2 Å². The quantitative estimate of drug-likeness (QED) is 0.863. The molecule has 0 atom stereocenters. The van der Waals surface area contributed by atoms with Gasteiger partial charge in [0.15, 0.2) is 0 Å². The van der Waals surface area contributed by atoms with E-state index in [9.17, 15) is 4.79 Å². The van der Waals surface area contributed by atoms with E-state index in [0.717, 1.165) is 48.0 Å². The van der Waals surface area contributed by atoms with Gasteiger partial charge in [-0.05, 0) is 47.7 Å². The monoisotopic (exact) mass is 341 g/mol. The van der Waals surface area contributed by atoms with Gasteiger partial charge in [0.1, 0.15) is 5.75 Å². The number of halogens is 1. The van der Waals surface area contributed by atoms with Crippen molar-refractivity contribution in [3.63, 3.8) is 0 Å². The van der Waals surface area contributed by atoms with Gasteiger partial charge < -0.3 is 15.2 Å². The van der Waals surface area contributed by atoms with Gasteiger partial charge in [0.05, 0.1) is 17.5 Å². The highest BCUT2D eigenvalue weighted by Gasteiger charge is 2.25. The maximum Gasteiger partial charge on any atom is 0.306 e. The predicted molar refractivity (Wildman–Crippen MR) is 80.9 cm³/mol. The molecular weight excluding hydrogens is 322 g/mol. The van der Waals surface area contributed by atoms with Crippen LogP contribution >= 0.6 is 15.9 Å². The molecule has 0 spiro atoms. The van der Waals surface area contributed by atoms with Crippen molar-refractivity contribution < 1.29 is 14.6 Å². The van der Waals surface area contributed by atoms with E-state index in [4.69, 9.17) is 9.84 Å². The number of hydrogen-bond donors (Lipinski definition) is 2. The van der Waals surface area contributed by atoms with Crippen LogP contribution in [0.25, 0.3) is 0 Å². The number of carboxylic acids is 1. The number of benzene rings is 1. The Balaban J connectivity index is 1.88. The number of rotatable bonds is 5. The largest absolute Gasteiger partial charge is 0.495 e. The predicted octanol–water partition coefficient (Wildman–Crippen LogP) is 3.19. The molecular formula is C15H20BrNO3. The molecule has 0 aliphatic heterocycles. The van der Waals surface area contributed by atoms with Crippen molar-refractivity contribution in [2.24, 2.45) is 5.92 Å². The molecule has 0 saturated heterocycles. The van der Waals surface area contributed by atoms with E-state index in [1.54, 1.807) is 7.11 Å². The van der Waals surface area contributed by atoms with Gasteiger partial charge in [0.2, 0.25) is 0 Å². The van der Waals surface area contributed by atoms with Crippen molar-refractivity contribution >= 4 is 21.9 Å².